The van der Waals surface area contributed by atoms with E-state index in [4.69, 9.17) is 9.47 Å². The van der Waals surface area contributed by atoms with E-state index in [1.54, 1.807) is 14.2 Å². The number of fused-ring (bicyclic) bond motifs is 3. The third-order valence-electron chi connectivity index (χ3n) is 4.86. The number of carbonyl (C=O) groups excluding carboxylic acids is 1. The highest BCUT2D eigenvalue weighted by molar-refractivity contribution is 9.10. The fourth-order valence-corrected chi connectivity index (χ4v) is 4.31. The summed E-state index contributed by atoms with van der Waals surface area (Å²) in [4.78, 5) is 12.5. The van der Waals surface area contributed by atoms with Crippen LogP contribution >= 0.6 is 15.9 Å². The van der Waals surface area contributed by atoms with Gasteiger partial charge in [-0.25, -0.2) is 0 Å². The highest BCUT2D eigenvalue weighted by Gasteiger charge is 2.31. The Balaban J connectivity index is 1.99. The van der Waals surface area contributed by atoms with Crippen LogP contribution in [0.25, 0.3) is 10.8 Å². The molecule has 4 rings (SSSR count). The summed E-state index contributed by atoms with van der Waals surface area (Å²) in [6.07, 6.45) is 0.362. The van der Waals surface area contributed by atoms with E-state index in [2.05, 4.69) is 27.3 Å². The van der Waals surface area contributed by atoms with Crippen molar-refractivity contribution in [3.05, 3.63) is 64.1 Å². The molecule has 1 amide bonds. The van der Waals surface area contributed by atoms with Gasteiger partial charge in [0.05, 0.1) is 19.9 Å². The second-order valence-corrected chi connectivity index (χ2v) is 7.11. The molecule has 132 valence electrons. The number of anilines is 1. The van der Waals surface area contributed by atoms with Crippen LogP contribution in [0.2, 0.25) is 0 Å². The summed E-state index contributed by atoms with van der Waals surface area (Å²) < 4.78 is 12.1. The van der Waals surface area contributed by atoms with Crippen molar-refractivity contribution in [2.75, 3.05) is 19.5 Å². The van der Waals surface area contributed by atoms with Crippen molar-refractivity contribution in [2.45, 2.75) is 12.3 Å². The molecule has 3 aromatic carbocycles. The number of para-hydroxylation sites is 1. The number of rotatable bonds is 3. The van der Waals surface area contributed by atoms with Gasteiger partial charge in [0.25, 0.3) is 0 Å². The van der Waals surface area contributed by atoms with Crippen molar-refractivity contribution in [3.63, 3.8) is 0 Å². The van der Waals surface area contributed by atoms with Crippen LogP contribution in [0, 0.1) is 0 Å². The van der Waals surface area contributed by atoms with E-state index < -0.39 is 0 Å². The lowest BCUT2D eigenvalue weighted by atomic mass is 9.82. The van der Waals surface area contributed by atoms with Gasteiger partial charge in [0, 0.05) is 27.8 Å². The molecular weight excluding hydrogens is 394 g/mol. The first-order valence-corrected chi connectivity index (χ1v) is 9.15. The second-order valence-electron chi connectivity index (χ2n) is 6.26. The van der Waals surface area contributed by atoms with Crippen molar-refractivity contribution in [3.8, 4) is 11.5 Å². The smallest absolute Gasteiger partial charge is 0.225 e. The molecule has 1 atom stereocenters. The lowest BCUT2D eigenvalue weighted by molar-refractivity contribution is -0.116. The maximum atomic E-state index is 12.5. The molecule has 3 aromatic rings. The summed E-state index contributed by atoms with van der Waals surface area (Å²) in [5.74, 6) is 1.23. The average Bonchev–Trinajstić information content (AvgIpc) is 2.67. The summed E-state index contributed by atoms with van der Waals surface area (Å²) in [5.41, 5.74) is 2.89. The summed E-state index contributed by atoms with van der Waals surface area (Å²) in [6, 6.07) is 15.9. The molecule has 4 nitrogen and oxygen atoms in total. The van der Waals surface area contributed by atoms with Crippen molar-refractivity contribution in [2.24, 2.45) is 0 Å². The van der Waals surface area contributed by atoms with Crippen molar-refractivity contribution >= 4 is 38.3 Å². The van der Waals surface area contributed by atoms with Gasteiger partial charge in [0.1, 0.15) is 0 Å². The molecule has 0 aliphatic carbocycles. The van der Waals surface area contributed by atoms with Crippen molar-refractivity contribution in [1.29, 1.82) is 0 Å². The topological polar surface area (TPSA) is 47.6 Å². The first kappa shape index (κ1) is 16.9. The maximum absolute atomic E-state index is 12.5. The normalized spacial score (nSPS) is 16.1. The minimum absolute atomic E-state index is 0.000140. The van der Waals surface area contributed by atoms with Crippen LogP contribution in [0.4, 0.5) is 5.69 Å². The van der Waals surface area contributed by atoms with E-state index in [1.807, 2.05) is 42.5 Å². The number of hydrogen-bond donors (Lipinski definition) is 1. The molecule has 0 aromatic heterocycles. The number of carbonyl (C=O) groups is 1. The van der Waals surface area contributed by atoms with Crippen LogP contribution in [-0.4, -0.2) is 20.1 Å². The van der Waals surface area contributed by atoms with Crippen molar-refractivity contribution in [1.82, 2.24) is 0 Å². The Kier molecular flexibility index (Phi) is 4.32. The van der Waals surface area contributed by atoms with Crippen LogP contribution in [0.15, 0.2) is 53.0 Å². The largest absolute Gasteiger partial charge is 0.493 e. The number of benzene rings is 3. The minimum atomic E-state index is -0.107. The molecule has 1 N–H and O–H groups in total. The summed E-state index contributed by atoms with van der Waals surface area (Å²) in [5, 5.41) is 5.16. The molecule has 1 aliphatic rings. The quantitative estimate of drug-likeness (QED) is 0.652. The Hall–Kier alpha value is -2.53. The standard InChI is InChI=1S/C21H18BrNO3/c1-25-18-9-5-8-14(21(18)26-2)15-11-19(24)23-20-13-7-4-3-6-12(13)17(22)10-16(15)20/h3-10,15H,11H2,1-2H3,(H,23,24). The lowest BCUT2D eigenvalue weighted by Crippen LogP contribution is -2.24. The molecule has 5 heteroatoms. The van der Waals surface area contributed by atoms with E-state index >= 15 is 0 Å². The first-order valence-electron chi connectivity index (χ1n) is 8.36. The SMILES string of the molecule is COc1cccc(C2CC(=O)Nc3c2cc(Br)c2ccccc32)c1OC. The summed E-state index contributed by atoms with van der Waals surface area (Å²) in [7, 11) is 3.24. The Morgan fingerprint density at radius 3 is 2.50 bits per heavy atom. The highest BCUT2D eigenvalue weighted by atomic mass is 79.9. The van der Waals surface area contributed by atoms with Gasteiger partial charge < -0.3 is 14.8 Å². The molecule has 0 fully saturated rings. The molecule has 1 heterocycles. The predicted molar refractivity (Wildman–Crippen MR) is 106 cm³/mol. The zero-order valence-corrected chi connectivity index (χ0v) is 16.1. The Labute approximate surface area is 160 Å². The summed E-state index contributed by atoms with van der Waals surface area (Å²) in [6.45, 7) is 0. The third kappa shape index (κ3) is 2.63. The zero-order chi connectivity index (χ0) is 18.3. The molecule has 0 spiro atoms. The van der Waals surface area contributed by atoms with E-state index in [9.17, 15) is 4.79 Å². The number of ether oxygens (including phenoxy) is 2. The minimum Gasteiger partial charge on any atom is -0.493 e. The monoisotopic (exact) mass is 411 g/mol. The fraction of sp³-hybridized carbons (Fsp3) is 0.190. The van der Waals surface area contributed by atoms with Crippen LogP contribution in [0.5, 0.6) is 11.5 Å². The zero-order valence-electron chi connectivity index (χ0n) is 14.5. The maximum Gasteiger partial charge on any atom is 0.225 e. The molecule has 0 saturated carbocycles. The third-order valence-corrected chi connectivity index (χ3v) is 5.52. The van der Waals surface area contributed by atoms with E-state index in [-0.39, 0.29) is 11.8 Å². The van der Waals surface area contributed by atoms with Crippen LogP contribution in [0.3, 0.4) is 0 Å². The molecule has 0 saturated heterocycles. The van der Waals surface area contributed by atoms with Gasteiger partial charge in [-0.3, -0.25) is 4.79 Å². The Morgan fingerprint density at radius 2 is 1.77 bits per heavy atom. The van der Waals surface area contributed by atoms with Crippen LogP contribution in [0.1, 0.15) is 23.5 Å². The van der Waals surface area contributed by atoms with E-state index in [0.717, 1.165) is 32.1 Å². The number of nitrogens with one attached hydrogen (secondary N) is 1. The number of amides is 1. The predicted octanol–water partition coefficient (Wildman–Crippen LogP) is 5.09. The van der Waals surface area contributed by atoms with Gasteiger partial charge in [-0.1, -0.05) is 52.3 Å². The molecule has 1 aliphatic heterocycles. The van der Waals surface area contributed by atoms with Crippen LogP contribution < -0.4 is 14.8 Å². The number of hydrogen-bond acceptors (Lipinski definition) is 3. The second kappa shape index (κ2) is 6.65. The van der Waals surface area contributed by atoms with Gasteiger partial charge in [0.2, 0.25) is 5.91 Å². The highest BCUT2D eigenvalue weighted by Crippen LogP contribution is 2.47. The number of halogens is 1. The van der Waals surface area contributed by atoms with Gasteiger partial charge in [0.15, 0.2) is 11.5 Å². The molecule has 0 radical (unpaired) electrons. The van der Waals surface area contributed by atoms with Gasteiger partial charge in [-0.15, -0.1) is 0 Å². The van der Waals surface area contributed by atoms with Crippen LogP contribution in [-0.2, 0) is 4.79 Å². The molecule has 0 bridgehead atoms. The average molecular weight is 412 g/mol. The molecular formula is C21H18BrNO3. The first-order chi connectivity index (χ1) is 12.6. The molecule has 1 unspecified atom stereocenters. The lowest BCUT2D eigenvalue weighted by Gasteiger charge is -2.29. The fourth-order valence-electron chi connectivity index (χ4n) is 3.72. The molecule has 26 heavy (non-hydrogen) atoms. The number of methoxy groups -OCH3 is 2. The van der Waals surface area contributed by atoms with E-state index in [0.29, 0.717) is 17.9 Å². The van der Waals surface area contributed by atoms with Gasteiger partial charge >= 0.3 is 0 Å². The summed E-state index contributed by atoms with van der Waals surface area (Å²) >= 11 is 3.69. The van der Waals surface area contributed by atoms with Gasteiger partial charge in [-0.05, 0) is 23.1 Å². The van der Waals surface area contributed by atoms with Gasteiger partial charge in [-0.2, -0.15) is 0 Å². The Bertz CT molecular complexity index is 1020. The van der Waals surface area contributed by atoms with E-state index in [1.165, 1.54) is 0 Å². The Morgan fingerprint density at radius 1 is 1.00 bits per heavy atom. The van der Waals surface area contributed by atoms with Crippen molar-refractivity contribution < 1.29 is 14.3 Å².